The van der Waals surface area contributed by atoms with E-state index in [9.17, 15) is 9.59 Å². The van der Waals surface area contributed by atoms with E-state index >= 15 is 0 Å². The molecule has 0 unspecified atom stereocenters. The molecular weight excluding hydrogens is 426 g/mol. The molecule has 3 aromatic rings. The first-order valence-corrected chi connectivity index (χ1v) is 9.53. The number of anilines is 1. The zero-order chi connectivity index (χ0) is 19.8. The average molecular weight is 442 g/mol. The summed E-state index contributed by atoms with van der Waals surface area (Å²) >= 11 is 3.37. The molecule has 3 aromatic heterocycles. The number of piperidine rings is 1. The van der Waals surface area contributed by atoms with Crippen molar-refractivity contribution in [3.63, 3.8) is 0 Å². The van der Waals surface area contributed by atoms with E-state index in [0.29, 0.717) is 48.6 Å². The van der Waals surface area contributed by atoms with Crippen molar-refractivity contribution in [3.8, 4) is 6.07 Å². The highest BCUT2D eigenvalue weighted by Crippen LogP contribution is 2.26. The number of nitriles is 1. The zero-order valence-electron chi connectivity index (χ0n) is 15.0. The second-order valence-corrected chi connectivity index (χ2v) is 7.55. The summed E-state index contributed by atoms with van der Waals surface area (Å²) in [5, 5.41) is 8.86. The van der Waals surface area contributed by atoms with Gasteiger partial charge in [0.15, 0.2) is 5.65 Å². The van der Waals surface area contributed by atoms with Crippen LogP contribution in [0.2, 0.25) is 0 Å². The van der Waals surface area contributed by atoms with Gasteiger partial charge in [-0.1, -0.05) is 0 Å². The molecule has 4 heterocycles. The summed E-state index contributed by atoms with van der Waals surface area (Å²) in [6.45, 7) is 1.27. The summed E-state index contributed by atoms with van der Waals surface area (Å²) in [7, 11) is 1.58. The van der Waals surface area contributed by atoms with E-state index in [-0.39, 0.29) is 6.04 Å². The first-order chi connectivity index (χ1) is 13.5. The van der Waals surface area contributed by atoms with Gasteiger partial charge in [0, 0.05) is 36.8 Å². The van der Waals surface area contributed by atoms with Crippen molar-refractivity contribution >= 4 is 33.0 Å². The second kappa shape index (κ2) is 7.16. The highest BCUT2D eigenvalue weighted by molar-refractivity contribution is 9.10. The van der Waals surface area contributed by atoms with Crippen molar-refractivity contribution in [1.29, 1.82) is 5.26 Å². The molecule has 0 aliphatic carbocycles. The smallest absolute Gasteiger partial charge is 0.318 e. The maximum absolute atomic E-state index is 12.7. The third-order valence-electron chi connectivity index (χ3n) is 4.99. The van der Waals surface area contributed by atoms with Gasteiger partial charge >= 0.3 is 11.1 Å². The topological polar surface area (TPSA) is 110 Å². The molecule has 0 atom stereocenters. The van der Waals surface area contributed by atoms with E-state index in [2.05, 4.69) is 30.9 Å². The number of aromatic nitrogens is 5. The van der Waals surface area contributed by atoms with Crippen LogP contribution in [-0.4, -0.2) is 37.2 Å². The third kappa shape index (κ3) is 3.07. The van der Waals surface area contributed by atoms with Crippen LogP contribution in [0.4, 0.5) is 5.95 Å². The minimum absolute atomic E-state index is 0.132. The second-order valence-electron chi connectivity index (χ2n) is 6.64. The molecule has 1 aliphatic rings. The minimum Gasteiger partial charge on any atom is -0.341 e. The van der Waals surface area contributed by atoms with Gasteiger partial charge in [0.2, 0.25) is 5.95 Å². The highest BCUT2D eigenvalue weighted by Gasteiger charge is 2.26. The van der Waals surface area contributed by atoms with E-state index in [1.54, 1.807) is 19.3 Å². The van der Waals surface area contributed by atoms with Gasteiger partial charge in [0.05, 0.1) is 23.5 Å². The fourth-order valence-corrected chi connectivity index (χ4v) is 3.83. The quantitative estimate of drug-likeness (QED) is 0.552. The van der Waals surface area contributed by atoms with E-state index < -0.39 is 11.1 Å². The van der Waals surface area contributed by atoms with Crippen LogP contribution in [0.25, 0.3) is 11.2 Å². The lowest BCUT2D eigenvalue weighted by Crippen LogP contribution is -2.45. The Morgan fingerprint density at radius 2 is 1.79 bits per heavy atom. The van der Waals surface area contributed by atoms with Crippen molar-refractivity contribution in [1.82, 2.24) is 24.1 Å². The lowest BCUT2D eigenvalue weighted by molar-refractivity contribution is 0.389. The molecule has 1 saturated heterocycles. The van der Waals surface area contributed by atoms with Gasteiger partial charge in [-0.15, -0.1) is 0 Å². The SMILES string of the molecule is Cn1c(=O)c(=O)n(C2CCN(c3ncc(C#N)cn3)CC2)c2ncc(Br)cc21. The normalized spacial score (nSPS) is 15.0. The molecule has 28 heavy (non-hydrogen) atoms. The van der Waals surface area contributed by atoms with Crippen LogP contribution in [-0.2, 0) is 7.05 Å². The lowest BCUT2D eigenvalue weighted by atomic mass is 10.0. The first kappa shape index (κ1) is 18.3. The first-order valence-electron chi connectivity index (χ1n) is 8.73. The molecule has 1 aliphatic heterocycles. The van der Waals surface area contributed by atoms with E-state index in [0.717, 1.165) is 4.47 Å². The minimum atomic E-state index is -0.565. The van der Waals surface area contributed by atoms with Crippen LogP contribution >= 0.6 is 15.9 Å². The average Bonchev–Trinajstić information content (AvgIpc) is 2.73. The summed E-state index contributed by atoms with van der Waals surface area (Å²) in [4.78, 5) is 40.0. The number of rotatable bonds is 2. The van der Waals surface area contributed by atoms with Crippen LogP contribution in [0, 0.1) is 11.3 Å². The Bertz CT molecular complexity index is 1200. The molecule has 0 amide bonds. The Kier molecular flexibility index (Phi) is 4.68. The largest absolute Gasteiger partial charge is 0.341 e. The molecule has 9 nitrogen and oxygen atoms in total. The van der Waals surface area contributed by atoms with E-state index in [1.165, 1.54) is 21.5 Å². The molecule has 4 rings (SSSR count). The molecule has 10 heteroatoms. The third-order valence-corrected chi connectivity index (χ3v) is 5.42. The predicted molar refractivity (Wildman–Crippen MR) is 106 cm³/mol. The molecule has 0 spiro atoms. The molecule has 142 valence electrons. The number of aryl methyl sites for hydroxylation is 1. The lowest BCUT2D eigenvalue weighted by Gasteiger charge is -2.33. The fourth-order valence-electron chi connectivity index (χ4n) is 3.51. The van der Waals surface area contributed by atoms with Crippen LogP contribution < -0.4 is 16.0 Å². The van der Waals surface area contributed by atoms with Gasteiger partial charge in [0.1, 0.15) is 6.07 Å². The van der Waals surface area contributed by atoms with Gasteiger partial charge in [-0.2, -0.15) is 5.26 Å². The van der Waals surface area contributed by atoms with Crippen molar-refractivity contribution < 1.29 is 0 Å². The number of hydrogen-bond acceptors (Lipinski definition) is 7. The maximum Gasteiger partial charge on any atom is 0.318 e. The van der Waals surface area contributed by atoms with Crippen LogP contribution in [0.1, 0.15) is 24.4 Å². The summed E-state index contributed by atoms with van der Waals surface area (Å²) in [5.74, 6) is 0.556. The Labute approximate surface area is 168 Å². The van der Waals surface area contributed by atoms with Gasteiger partial charge in [-0.05, 0) is 34.8 Å². The Morgan fingerprint density at radius 3 is 2.43 bits per heavy atom. The maximum atomic E-state index is 12.7. The van der Waals surface area contributed by atoms with E-state index in [4.69, 9.17) is 5.26 Å². The van der Waals surface area contributed by atoms with Crippen molar-refractivity contribution in [2.45, 2.75) is 18.9 Å². The number of hydrogen-bond donors (Lipinski definition) is 0. The Morgan fingerprint density at radius 1 is 1.11 bits per heavy atom. The molecule has 0 aromatic carbocycles. The number of pyridine rings is 1. The van der Waals surface area contributed by atoms with Crippen LogP contribution in [0.5, 0.6) is 0 Å². The molecule has 0 bridgehead atoms. The standard InChI is InChI=1S/C18H16BrN7O2/c1-24-14-6-12(19)10-21-15(14)26(17(28)16(24)27)13-2-4-25(5-3-13)18-22-8-11(7-20)9-23-18/h6,8-10,13H,2-5H2,1H3. The number of nitrogens with zero attached hydrogens (tertiary/aromatic N) is 7. The summed E-state index contributed by atoms with van der Waals surface area (Å²) in [6, 6.07) is 3.66. The molecule has 0 radical (unpaired) electrons. The Balaban J connectivity index is 1.66. The molecule has 0 N–H and O–H groups in total. The summed E-state index contributed by atoms with van der Waals surface area (Å²) in [5.41, 5.74) is 0.400. The van der Waals surface area contributed by atoms with Gasteiger partial charge in [-0.25, -0.2) is 15.0 Å². The van der Waals surface area contributed by atoms with Crippen molar-refractivity contribution in [3.05, 3.63) is 55.4 Å². The predicted octanol–water partition coefficient (Wildman–Crippen LogP) is 1.36. The van der Waals surface area contributed by atoms with Crippen molar-refractivity contribution in [2.24, 2.45) is 7.05 Å². The van der Waals surface area contributed by atoms with E-state index in [1.807, 2.05) is 11.0 Å². The number of halogens is 1. The van der Waals surface area contributed by atoms with Crippen molar-refractivity contribution in [2.75, 3.05) is 18.0 Å². The Hall–Kier alpha value is -3.06. The highest BCUT2D eigenvalue weighted by atomic mass is 79.9. The molecule has 0 saturated carbocycles. The number of fused-ring (bicyclic) bond motifs is 1. The fraction of sp³-hybridized carbons (Fsp3) is 0.333. The van der Waals surface area contributed by atoms with Crippen LogP contribution in [0.15, 0.2) is 38.7 Å². The summed E-state index contributed by atoms with van der Waals surface area (Å²) in [6.07, 6.45) is 5.93. The van der Waals surface area contributed by atoms with Gasteiger partial charge in [0.25, 0.3) is 0 Å². The molecular formula is C18H16BrN7O2. The van der Waals surface area contributed by atoms with Gasteiger partial charge in [-0.3, -0.25) is 14.2 Å². The molecule has 1 fully saturated rings. The van der Waals surface area contributed by atoms with Crippen LogP contribution in [0.3, 0.4) is 0 Å². The van der Waals surface area contributed by atoms with Gasteiger partial charge < -0.3 is 9.47 Å². The monoisotopic (exact) mass is 441 g/mol. The summed E-state index contributed by atoms with van der Waals surface area (Å²) < 4.78 is 3.61. The zero-order valence-corrected chi connectivity index (χ0v) is 16.6.